The quantitative estimate of drug-likeness (QED) is 0.700. The average Bonchev–Trinajstić information content (AvgIpc) is 2.13. The molecule has 2 unspecified atom stereocenters. The van der Waals surface area contributed by atoms with Crippen LogP contribution in [0.15, 0.2) is 0 Å². The normalized spacial score (nSPS) is 29.3. The van der Waals surface area contributed by atoms with Gasteiger partial charge in [-0.05, 0) is 26.7 Å². The van der Waals surface area contributed by atoms with Gasteiger partial charge in [0.15, 0.2) is 0 Å². The minimum atomic E-state index is -0.740. The van der Waals surface area contributed by atoms with Crippen molar-refractivity contribution in [3.8, 4) is 0 Å². The number of hydrogen-bond donors (Lipinski definition) is 2. The van der Waals surface area contributed by atoms with Crippen molar-refractivity contribution in [1.29, 1.82) is 0 Å². The Hall–Kier alpha value is -0.610. The number of aliphatic carboxylic acids is 1. The minimum Gasteiger partial charge on any atom is -0.481 e. The molecule has 0 aromatic heterocycles. The molecule has 15 heavy (non-hydrogen) atoms. The Morgan fingerprint density at radius 2 is 2.13 bits per heavy atom. The third-order valence-electron chi connectivity index (χ3n) is 3.14. The van der Waals surface area contributed by atoms with Gasteiger partial charge >= 0.3 is 5.97 Å². The van der Waals surface area contributed by atoms with Crippen LogP contribution in [-0.2, 0) is 9.53 Å². The lowest BCUT2D eigenvalue weighted by Crippen LogP contribution is -2.51. The van der Waals surface area contributed by atoms with Gasteiger partial charge in [0.1, 0.15) is 0 Å². The summed E-state index contributed by atoms with van der Waals surface area (Å²) in [5.41, 5.74) is 0. The minimum absolute atomic E-state index is 0.0232. The van der Waals surface area contributed by atoms with E-state index in [-0.39, 0.29) is 12.0 Å². The van der Waals surface area contributed by atoms with Crippen LogP contribution in [0.25, 0.3) is 0 Å². The highest BCUT2D eigenvalue weighted by molar-refractivity contribution is 5.70. The van der Waals surface area contributed by atoms with Crippen LogP contribution in [0.5, 0.6) is 0 Å². The van der Waals surface area contributed by atoms with Crippen molar-refractivity contribution in [3.05, 3.63) is 0 Å². The summed E-state index contributed by atoms with van der Waals surface area (Å²) in [5, 5.41) is 12.2. The van der Waals surface area contributed by atoms with Gasteiger partial charge in [0.05, 0.1) is 12.0 Å². The van der Waals surface area contributed by atoms with E-state index in [0.29, 0.717) is 12.1 Å². The molecule has 1 aliphatic carbocycles. The molecule has 0 aromatic rings. The highest BCUT2D eigenvalue weighted by atomic mass is 16.5. The zero-order valence-electron chi connectivity index (χ0n) is 9.69. The van der Waals surface area contributed by atoms with Gasteiger partial charge in [-0.3, -0.25) is 4.79 Å². The molecule has 0 radical (unpaired) electrons. The summed E-state index contributed by atoms with van der Waals surface area (Å²) in [6, 6.07) is 0.452. The first-order valence-electron chi connectivity index (χ1n) is 5.65. The van der Waals surface area contributed by atoms with Crippen molar-refractivity contribution in [1.82, 2.24) is 5.32 Å². The van der Waals surface area contributed by atoms with Crippen LogP contribution < -0.4 is 5.32 Å². The van der Waals surface area contributed by atoms with E-state index in [1.165, 1.54) is 0 Å². The molecule has 0 amide bonds. The maximum absolute atomic E-state index is 10.7. The SMILES string of the molecule is CCOC1CC(NC(C)C(C)C(=O)O)C1. The van der Waals surface area contributed by atoms with Gasteiger partial charge in [-0.15, -0.1) is 0 Å². The Bertz CT molecular complexity index is 214. The molecule has 88 valence electrons. The fraction of sp³-hybridized carbons (Fsp3) is 0.909. The van der Waals surface area contributed by atoms with Crippen LogP contribution in [0.1, 0.15) is 33.6 Å². The van der Waals surface area contributed by atoms with Gasteiger partial charge in [-0.2, -0.15) is 0 Å². The molecule has 4 heteroatoms. The van der Waals surface area contributed by atoms with Crippen LogP contribution in [0.3, 0.4) is 0 Å². The number of carboxylic acid groups (broad SMARTS) is 1. The lowest BCUT2D eigenvalue weighted by Gasteiger charge is -2.38. The molecular formula is C11H21NO3. The van der Waals surface area contributed by atoms with E-state index in [1.54, 1.807) is 6.92 Å². The monoisotopic (exact) mass is 215 g/mol. The lowest BCUT2D eigenvalue weighted by molar-refractivity contribution is -0.142. The molecule has 0 saturated heterocycles. The first-order chi connectivity index (χ1) is 7.04. The van der Waals surface area contributed by atoms with Gasteiger partial charge in [-0.1, -0.05) is 6.92 Å². The molecule has 0 spiro atoms. The van der Waals surface area contributed by atoms with Crippen molar-refractivity contribution in [3.63, 3.8) is 0 Å². The standard InChI is InChI=1S/C11H21NO3/c1-4-15-10-5-9(6-10)12-8(3)7(2)11(13)14/h7-10,12H,4-6H2,1-3H3,(H,13,14). The van der Waals surface area contributed by atoms with E-state index in [2.05, 4.69) is 5.32 Å². The zero-order valence-corrected chi connectivity index (χ0v) is 9.69. The maximum atomic E-state index is 10.7. The van der Waals surface area contributed by atoms with Crippen molar-refractivity contribution < 1.29 is 14.6 Å². The largest absolute Gasteiger partial charge is 0.481 e. The molecule has 2 atom stereocenters. The molecule has 1 rings (SSSR count). The smallest absolute Gasteiger partial charge is 0.307 e. The van der Waals surface area contributed by atoms with Crippen LogP contribution in [0.2, 0.25) is 0 Å². The summed E-state index contributed by atoms with van der Waals surface area (Å²) >= 11 is 0. The molecule has 0 bridgehead atoms. The fourth-order valence-corrected chi connectivity index (χ4v) is 1.80. The molecule has 1 saturated carbocycles. The second-order valence-corrected chi connectivity index (χ2v) is 4.33. The van der Waals surface area contributed by atoms with Gasteiger partial charge in [0, 0.05) is 18.7 Å². The van der Waals surface area contributed by atoms with E-state index >= 15 is 0 Å². The summed E-state index contributed by atoms with van der Waals surface area (Å²) in [6.07, 6.45) is 2.38. The molecule has 1 fully saturated rings. The van der Waals surface area contributed by atoms with Crippen LogP contribution >= 0.6 is 0 Å². The van der Waals surface area contributed by atoms with Gasteiger partial charge < -0.3 is 15.2 Å². The summed E-state index contributed by atoms with van der Waals surface area (Å²) in [7, 11) is 0. The Labute approximate surface area is 91.0 Å². The third-order valence-corrected chi connectivity index (χ3v) is 3.14. The number of hydrogen-bond acceptors (Lipinski definition) is 3. The molecular weight excluding hydrogens is 194 g/mol. The van der Waals surface area contributed by atoms with Crippen LogP contribution in [0.4, 0.5) is 0 Å². The molecule has 1 aliphatic rings. The first-order valence-corrected chi connectivity index (χ1v) is 5.65. The van der Waals surface area contributed by atoms with E-state index in [0.717, 1.165) is 19.4 Å². The van der Waals surface area contributed by atoms with Crippen LogP contribution in [-0.4, -0.2) is 35.9 Å². The first kappa shape index (κ1) is 12.5. The topological polar surface area (TPSA) is 58.6 Å². The second-order valence-electron chi connectivity index (χ2n) is 4.33. The van der Waals surface area contributed by atoms with E-state index in [4.69, 9.17) is 9.84 Å². The number of carboxylic acids is 1. The number of ether oxygens (including phenoxy) is 1. The number of rotatable bonds is 6. The third kappa shape index (κ3) is 3.47. The molecule has 0 aliphatic heterocycles. The van der Waals surface area contributed by atoms with E-state index < -0.39 is 5.97 Å². The predicted octanol–water partition coefficient (Wildman–Crippen LogP) is 1.25. The molecule has 0 heterocycles. The predicted molar refractivity (Wildman–Crippen MR) is 57.8 cm³/mol. The number of carbonyl (C=O) groups is 1. The van der Waals surface area contributed by atoms with Gasteiger partial charge in [-0.25, -0.2) is 0 Å². The second kappa shape index (κ2) is 5.47. The highest BCUT2D eigenvalue weighted by Crippen LogP contribution is 2.24. The molecule has 0 aromatic carbocycles. The van der Waals surface area contributed by atoms with E-state index in [9.17, 15) is 4.79 Å². The summed E-state index contributed by atoms with van der Waals surface area (Å²) in [5.74, 6) is -1.08. The van der Waals surface area contributed by atoms with Crippen molar-refractivity contribution >= 4 is 5.97 Å². The maximum Gasteiger partial charge on any atom is 0.307 e. The molecule has 2 N–H and O–H groups in total. The Kier molecular flexibility index (Phi) is 4.54. The average molecular weight is 215 g/mol. The zero-order chi connectivity index (χ0) is 11.4. The van der Waals surface area contributed by atoms with Crippen molar-refractivity contribution in [2.45, 2.75) is 51.8 Å². The Morgan fingerprint density at radius 3 is 2.60 bits per heavy atom. The van der Waals surface area contributed by atoms with Crippen molar-refractivity contribution in [2.75, 3.05) is 6.61 Å². The Balaban J connectivity index is 2.18. The summed E-state index contributed by atoms with van der Waals surface area (Å²) in [4.78, 5) is 10.7. The lowest BCUT2D eigenvalue weighted by atomic mass is 9.87. The summed E-state index contributed by atoms with van der Waals surface area (Å²) in [6.45, 7) is 6.42. The highest BCUT2D eigenvalue weighted by Gasteiger charge is 2.32. The van der Waals surface area contributed by atoms with Crippen LogP contribution in [0, 0.1) is 5.92 Å². The van der Waals surface area contributed by atoms with Crippen molar-refractivity contribution in [2.24, 2.45) is 5.92 Å². The number of nitrogens with one attached hydrogen (secondary N) is 1. The fourth-order valence-electron chi connectivity index (χ4n) is 1.80. The van der Waals surface area contributed by atoms with E-state index in [1.807, 2.05) is 13.8 Å². The Morgan fingerprint density at radius 1 is 1.53 bits per heavy atom. The van der Waals surface area contributed by atoms with Gasteiger partial charge in [0.25, 0.3) is 0 Å². The van der Waals surface area contributed by atoms with Gasteiger partial charge in [0.2, 0.25) is 0 Å². The molecule has 4 nitrogen and oxygen atoms in total. The summed E-state index contributed by atoms with van der Waals surface area (Å²) < 4.78 is 5.44.